The maximum Gasteiger partial charge on any atom is 0.161 e. The molecule has 0 aliphatic heterocycles. The summed E-state index contributed by atoms with van der Waals surface area (Å²) in [5, 5.41) is 0. The molecule has 19 heavy (non-hydrogen) atoms. The molecular formula is C15H23ClO3. The highest BCUT2D eigenvalue weighted by molar-refractivity contribution is 6.17. The molecule has 0 saturated heterocycles. The second kappa shape index (κ2) is 9.05. The molecule has 0 N–H and O–H groups in total. The Hall–Kier alpha value is -0.930. The highest BCUT2D eigenvalue weighted by atomic mass is 35.5. The quantitative estimate of drug-likeness (QED) is 0.509. The molecule has 0 radical (unpaired) electrons. The Morgan fingerprint density at radius 2 is 1.89 bits per heavy atom. The lowest BCUT2D eigenvalue weighted by molar-refractivity contribution is 0.0916. The SMILES string of the molecule is COc1ccc(CCl)cc1OCCOCCC(C)C. The van der Waals surface area contributed by atoms with Gasteiger partial charge >= 0.3 is 0 Å². The predicted molar refractivity (Wildman–Crippen MR) is 78.3 cm³/mol. The van der Waals surface area contributed by atoms with Gasteiger partial charge in [0, 0.05) is 12.5 Å². The van der Waals surface area contributed by atoms with Crippen LogP contribution in [-0.2, 0) is 10.6 Å². The zero-order valence-corrected chi connectivity index (χ0v) is 12.7. The van der Waals surface area contributed by atoms with Crippen molar-refractivity contribution < 1.29 is 14.2 Å². The van der Waals surface area contributed by atoms with Crippen molar-refractivity contribution in [3.05, 3.63) is 23.8 Å². The van der Waals surface area contributed by atoms with Crippen LogP contribution < -0.4 is 9.47 Å². The van der Waals surface area contributed by atoms with Crippen molar-refractivity contribution in [3.63, 3.8) is 0 Å². The summed E-state index contributed by atoms with van der Waals surface area (Å²) in [4.78, 5) is 0. The number of rotatable bonds is 9. The lowest BCUT2D eigenvalue weighted by atomic mass is 10.1. The van der Waals surface area contributed by atoms with Gasteiger partial charge in [-0.3, -0.25) is 0 Å². The minimum Gasteiger partial charge on any atom is -0.493 e. The van der Waals surface area contributed by atoms with Gasteiger partial charge in [0.1, 0.15) is 6.61 Å². The molecule has 1 aromatic rings. The zero-order valence-electron chi connectivity index (χ0n) is 11.9. The Kier molecular flexibility index (Phi) is 7.68. The fraction of sp³-hybridized carbons (Fsp3) is 0.600. The van der Waals surface area contributed by atoms with E-state index in [9.17, 15) is 0 Å². The monoisotopic (exact) mass is 286 g/mol. The molecule has 0 spiro atoms. The molecule has 1 rings (SSSR count). The van der Waals surface area contributed by atoms with Crippen LogP contribution in [0.2, 0.25) is 0 Å². The standard InChI is InChI=1S/C15H23ClO3/c1-12(2)6-7-18-8-9-19-15-10-13(11-16)4-5-14(15)17-3/h4-5,10,12H,6-9,11H2,1-3H3. The first-order valence-corrected chi connectivity index (χ1v) is 7.14. The maximum atomic E-state index is 5.81. The highest BCUT2D eigenvalue weighted by Crippen LogP contribution is 2.28. The Morgan fingerprint density at radius 1 is 1.11 bits per heavy atom. The minimum atomic E-state index is 0.464. The molecule has 0 aliphatic rings. The van der Waals surface area contributed by atoms with Crippen molar-refractivity contribution in [2.24, 2.45) is 5.92 Å². The van der Waals surface area contributed by atoms with Crippen LogP contribution in [-0.4, -0.2) is 26.9 Å². The van der Waals surface area contributed by atoms with E-state index < -0.39 is 0 Å². The average Bonchev–Trinajstić information content (AvgIpc) is 2.42. The molecule has 0 heterocycles. The van der Waals surface area contributed by atoms with E-state index in [1.54, 1.807) is 7.11 Å². The Labute approximate surface area is 120 Å². The summed E-state index contributed by atoms with van der Waals surface area (Å²) in [6.45, 7) is 6.24. The van der Waals surface area contributed by atoms with Crippen LogP contribution >= 0.6 is 11.6 Å². The fourth-order valence-electron chi connectivity index (χ4n) is 1.55. The van der Waals surface area contributed by atoms with Crippen LogP contribution in [0.15, 0.2) is 18.2 Å². The minimum absolute atomic E-state index is 0.464. The maximum absolute atomic E-state index is 5.81. The molecule has 4 heteroatoms. The van der Waals surface area contributed by atoms with Gasteiger partial charge in [-0.1, -0.05) is 19.9 Å². The number of halogens is 1. The van der Waals surface area contributed by atoms with E-state index in [0.717, 1.165) is 24.3 Å². The van der Waals surface area contributed by atoms with E-state index in [-0.39, 0.29) is 0 Å². The number of hydrogen-bond donors (Lipinski definition) is 0. The smallest absolute Gasteiger partial charge is 0.161 e. The largest absolute Gasteiger partial charge is 0.493 e. The van der Waals surface area contributed by atoms with Crippen molar-refractivity contribution in [1.29, 1.82) is 0 Å². The van der Waals surface area contributed by atoms with Crippen molar-refractivity contribution in [2.45, 2.75) is 26.1 Å². The number of alkyl halides is 1. The number of methoxy groups -OCH3 is 1. The summed E-state index contributed by atoms with van der Waals surface area (Å²) in [6.07, 6.45) is 1.07. The summed E-state index contributed by atoms with van der Waals surface area (Å²) >= 11 is 5.81. The number of ether oxygens (including phenoxy) is 3. The van der Waals surface area contributed by atoms with E-state index >= 15 is 0 Å². The van der Waals surface area contributed by atoms with Crippen LogP contribution in [0.3, 0.4) is 0 Å². The van der Waals surface area contributed by atoms with E-state index in [0.29, 0.717) is 30.8 Å². The summed E-state index contributed by atoms with van der Waals surface area (Å²) in [7, 11) is 1.63. The fourth-order valence-corrected chi connectivity index (χ4v) is 1.71. The molecule has 0 fully saturated rings. The first-order valence-electron chi connectivity index (χ1n) is 6.60. The Bertz CT molecular complexity index is 366. The third kappa shape index (κ3) is 6.17. The van der Waals surface area contributed by atoms with Crippen LogP contribution in [0, 0.1) is 5.92 Å². The lowest BCUT2D eigenvalue weighted by Gasteiger charge is -2.12. The first-order chi connectivity index (χ1) is 9.17. The normalized spacial score (nSPS) is 10.8. The molecule has 0 aliphatic carbocycles. The van der Waals surface area contributed by atoms with E-state index in [1.165, 1.54) is 0 Å². The van der Waals surface area contributed by atoms with E-state index in [2.05, 4.69) is 13.8 Å². The predicted octanol–water partition coefficient (Wildman–Crippen LogP) is 3.88. The highest BCUT2D eigenvalue weighted by Gasteiger charge is 2.05. The van der Waals surface area contributed by atoms with Gasteiger partial charge in [0.25, 0.3) is 0 Å². The van der Waals surface area contributed by atoms with Crippen molar-refractivity contribution >= 4 is 11.6 Å². The van der Waals surface area contributed by atoms with Crippen molar-refractivity contribution in [1.82, 2.24) is 0 Å². The van der Waals surface area contributed by atoms with Gasteiger partial charge < -0.3 is 14.2 Å². The van der Waals surface area contributed by atoms with Crippen LogP contribution in [0.5, 0.6) is 11.5 Å². The van der Waals surface area contributed by atoms with Gasteiger partial charge in [0.05, 0.1) is 13.7 Å². The molecule has 0 aromatic heterocycles. The van der Waals surface area contributed by atoms with Gasteiger partial charge in [-0.15, -0.1) is 11.6 Å². The topological polar surface area (TPSA) is 27.7 Å². The van der Waals surface area contributed by atoms with E-state index in [1.807, 2.05) is 18.2 Å². The molecule has 0 amide bonds. The van der Waals surface area contributed by atoms with Gasteiger partial charge in [-0.25, -0.2) is 0 Å². The molecular weight excluding hydrogens is 264 g/mol. The third-order valence-corrected chi connectivity index (χ3v) is 3.02. The van der Waals surface area contributed by atoms with Gasteiger partial charge in [-0.05, 0) is 30.0 Å². The van der Waals surface area contributed by atoms with Gasteiger partial charge in [0.15, 0.2) is 11.5 Å². The van der Waals surface area contributed by atoms with Crippen LogP contribution in [0.25, 0.3) is 0 Å². The number of hydrogen-bond acceptors (Lipinski definition) is 3. The molecule has 0 unspecified atom stereocenters. The first kappa shape index (κ1) is 16.1. The van der Waals surface area contributed by atoms with Crippen LogP contribution in [0.1, 0.15) is 25.8 Å². The van der Waals surface area contributed by atoms with Gasteiger partial charge in [-0.2, -0.15) is 0 Å². The Morgan fingerprint density at radius 3 is 2.53 bits per heavy atom. The van der Waals surface area contributed by atoms with E-state index in [4.69, 9.17) is 25.8 Å². The van der Waals surface area contributed by atoms with Crippen LogP contribution in [0.4, 0.5) is 0 Å². The molecule has 3 nitrogen and oxygen atoms in total. The summed E-state index contributed by atoms with van der Waals surface area (Å²) < 4.78 is 16.4. The van der Waals surface area contributed by atoms with Crippen molar-refractivity contribution in [2.75, 3.05) is 26.9 Å². The summed E-state index contributed by atoms with van der Waals surface area (Å²) in [5.74, 6) is 2.57. The molecule has 0 bridgehead atoms. The average molecular weight is 287 g/mol. The summed E-state index contributed by atoms with van der Waals surface area (Å²) in [5.41, 5.74) is 1.01. The van der Waals surface area contributed by atoms with Gasteiger partial charge in [0.2, 0.25) is 0 Å². The molecule has 1 aromatic carbocycles. The molecule has 108 valence electrons. The molecule has 0 saturated carbocycles. The second-order valence-electron chi connectivity index (χ2n) is 4.76. The number of benzene rings is 1. The molecule has 0 atom stereocenters. The lowest BCUT2D eigenvalue weighted by Crippen LogP contribution is -2.09. The zero-order chi connectivity index (χ0) is 14.1. The summed E-state index contributed by atoms with van der Waals surface area (Å²) in [6, 6.07) is 5.70. The third-order valence-electron chi connectivity index (χ3n) is 2.71. The van der Waals surface area contributed by atoms with Crippen molar-refractivity contribution in [3.8, 4) is 11.5 Å². The second-order valence-corrected chi connectivity index (χ2v) is 5.03. The Balaban J connectivity index is 2.35.